The molecule has 1 aromatic rings. The lowest BCUT2D eigenvalue weighted by molar-refractivity contribution is 0.200. The number of likely N-dealkylation sites (tertiary alicyclic amines) is 1. The Morgan fingerprint density at radius 2 is 2.16 bits per heavy atom. The molecule has 0 spiro atoms. The Balaban J connectivity index is 1.99. The van der Waals surface area contributed by atoms with Crippen LogP contribution in [0.5, 0.6) is 0 Å². The molecule has 0 saturated carbocycles. The third-order valence-electron chi connectivity index (χ3n) is 2.92. The van der Waals surface area contributed by atoms with E-state index in [9.17, 15) is 4.79 Å². The average Bonchev–Trinajstić information content (AvgIpc) is 2.46. The minimum Gasteiger partial charge on any atom is -0.384 e. The van der Waals surface area contributed by atoms with Gasteiger partial charge in [-0.15, -0.1) is 0 Å². The van der Waals surface area contributed by atoms with Gasteiger partial charge in [-0.2, -0.15) is 0 Å². The van der Waals surface area contributed by atoms with Gasteiger partial charge in [-0.1, -0.05) is 12.0 Å². The van der Waals surface area contributed by atoms with E-state index in [1.165, 1.54) is 6.42 Å². The van der Waals surface area contributed by atoms with E-state index in [2.05, 4.69) is 22.1 Å². The summed E-state index contributed by atoms with van der Waals surface area (Å²) in [5.74, 6) is 5.73. The zero-order valence-corrected chi connectivity index (χ0v) is 10.7. The Labute approximate surface area is 112 Å². The van der Waals surface area contributed by atoms with Crippen molar-refractivity contribution in [3.63, 3.8) is 0 Å². The van der Waals surface area contributed by atoms with Crippen LogP contribution >= 0.6 is 0 Å². The van der Waals surface area contributed by atoms with Crippen molar-refractivity contribution < 1.29 is 9.90 Å². The first kappa shape index (κ1) is 13.4. The molecule has 1 aromatic heterocycles. The Bertz CT molecular complexity index is 499. The van der Waals surface area contributed by atoms with Crippen LogP contribution in [0.25, 0.3) is 0 Å². The molecule has 0 aliphatic carbocycles. The van der Waals surface area contributed by atoms with E-state index in [1.54, 1.807) is 23.1 Å². The van der Waals surface area contributed by atoms with Gasteiger partial charge < -0.3 is 10.0 Å². The number of aliphatic hydroxyl groups excluding tert-OH is 1. The number of nitrogens with one attached hydrogen (secondary N) is 1. The van der Waals surface area contributed by atoms with Crippen molar-refractivity contribution in [1.82, 2.24) is 9.88 Å². The summed E-state index contributed by atoms with van der Waals surface area (Å²) < 4.78 is 0. The van der Waals surface area contributed by atoms with Crippen molar-refractivity contribution in [3.05, 3.63) is 23.9 Å². The van der Waals surface area contributed by atoms with Crippen LogP contribution in [-0.4, -0.2) is 40.7 Å². The van der Waals surface area contributed by atoms with Crippen molar-refractivity contribution in [2.45, 2.75) is 19.3 Å². The van der Waals surface area contributed by atoms with Crippen LogP contribution in [0.4, 0.5) is 10.6 Å². The highest BCUT2D eigenvalue weighted by molar-refractivity contribution is 5.88. The van der Waals surface area contributed by atoms with Gasteiger partial charge in [0.05, 0.1) is 0 Å². The number of urea groups is 1. The highest BCUT2D eigenvalue weighted by atomic mass is 16.2. The summed E-state index contributed by atoms with van der Waals surface area (Å²) in [5.41, 5.74) is 0.533. The fourth-order valence-electron chi connectivity index (χ4n) is 1.99. The molecule has 0 unspecified atom stereocenters. The Kier molecular flexibility index (Phi) is 4.76. The molecule has 1 aliphatic rings. The highest BCUT2D eigenvalue weighted by Gasteiger charge is 2.16. The molecule has 0 bridgehead atoms. The third-order valence-corrected chi connectivity index (χ3v) is 2.92. The molecule has 19 heavy (non-hydrogen) atoms. The van der Waals surface area contributed by atoms with Gasteiger partial charge in [0.25, 0.3) is 0 Å². The number of amides is 2. The zero-order valence-electron chi connectivity index (χ0n) is 10.7. The summed E-state index contributed by atoms with van der Waals surface area (Å²) in [6.07, 6.45) is 3.31. The van der Waals surface area contributed by atoms with Gasteiger partial charge in [0.1, 0.15) is 18.1 Å². The van der Waals surface area contributed by atoms with Crippen molar-refractivity contribution in [1.29, 1.82) is 0 Å². The van der Waals surface area contributed by atoms with E-state index in [-0.39, 0.29) is 12.6 Å². The fraction of sp³-hybridized carbons (Fsp3) is 0.429. The van der Waals surface area contributed by atoms with E-state index in [4.69, 9.17) is 5.11 Å². The largest absolute Gasteiger partial charge is 0.384 e. The van der Waals surface area contributed by atoms with E-state index in [0.717, 1.165) is 25.9 Å². The maximum Gasteiger partial charge on any atom is 0.323 e. The Hall–Kier alpha value is -2.06. The number of aliphatic hydroxyl groups is 1. The number of aromatic nitrogens is 1. The number of rotatable bonds is 1. The van der Waals surface area contributed by atoms with Crippen LogP contribution in [0.1, 0.15) is 25.0 Å². The Morgan fingerprint density at radius 1 is 1.37 bits per heavy atom. The van der Waals surface area contributed by atoms with E-state index >= 15 is 0 Å². The summed E-state index contributed by atoms with van der Waals surface area (Å²) in [4.78, 5) is 18.0. The smallest absolute Gasteiger partial charge is 0.323 e. The molecule has 100 valence electrons. The van der Waals surface area contributed by atoms with Crippen LogP contribution in [0.3, 0.4) is 0 Å². The summed E-state index contributed by atoms with van der Waals surface area (Å²) >= 11 is 0. The number of piperidine rings is 1. The van der Waals surface area contributed by atoms with Crippen LogP contribution in [0.2, 0.25) is 0 Å². The number of hydrogen-bond acceptors (Lipinski definition) is 3. The fourth-order valence-corrected chi connectivity index (χ4v) is 1.99. The molecule has 0 atom stereocenters. The standard InChI is InChI=1S/C14H17N3O2/c18-11-5-7-12-6-4-8-13(15-12)16-14(19)17-9-2-1-3-10-17/h4,6,8,18H,1-3,9-11H2,(H,15,16,19). The van der Waals surface area contributed by atoms with Crippen LogP contribution < -0.4 is 5.32 Å². The van der Waals surface area contributed by atoms with Crippen LogP contribution in [-0.2, 0) is 0 Å². The predicted octanol–water partition coefficient (Wildman–Crippen LogP) is 1.44. The Morgan fingerprint density at radius 3 is 2.89 bits per heavy atom. The van der Waals surface area contributed by atoms with Gasteiger partial charge >= 0.3 is 6.03 Å². The molecule has 5 heteroatoms. The van der Waals surface area contributed by atoms with Crippen molar-refractivity contribution >= 4 is 11.8 Å². The molecule has 0 radical (unpaired) electrons. The summed E-state index contributed by atoms with van der Waals surface area (Å²) in [6, 6.07) is 5.13. The van der Waals surface area contributed by atoms with Gasteiger partial charge in [0.15, 0.2) is 0 Å². The summed E-state index contributed by atoms with van der Waals surface area (Å²) in [7, 11) is 0. The first-order chi connectivity index (χ1) is 9.29. The van der Waals surface area contributed by atoms with Crippen LogP contribution in [0, 0.1) is 11.8 Å². The minimum absolute atomic E-state index is 0.112. The average molecular weight is 259 g/mol. The lowest BCUT2D eigenvalue weighted by Crippen LogP contribution is -2.38. The first-order valence-corrected chi connectivity index (χ1v) is 6.42. The molecule has 2 heterocycles. The maximum absolute atomic E-state index is 12.0. The number of carbonyl (C=O) groups is 1. The van der Waals surface area contributed by atoms with E-state index in [1.807, 2.05) is 0 Å². The second-order valence-electron chi connectivity index (χ2n) is 4.35. The molecular formula is C14H17N3O2. The molecular weight excluding hydrogens is 242 g/mol. The quantitative estimate of drug-likeness (QED) is 0.750. The van der Waals surface area contributed by atoms with Gasteiger partial charge in [-0.25, -0.2) is 9.78 Å². The van der Waals surface area contributed by atoms with Gasteiger partial charge in [0.2, 0.25) is 0 Å². The molecule has 2 N–H and O–H groups in total. The van der Waals surface area contributed by atoms with Gasteiger partial charge in [0, 0.05) is 13.1 Å². The number of pyridine rings is 1. The molecule has 1 saturated heterocycles. The predicted molar refractivity (Wildman–Crippen MR) is 72.6 cm³/mol. The molecule has 1 aliphatic heterocycles. The van der Waals surface area contributed by atoms with Crippen LogP contribution in [0.15, 0.2) is 18.2 Å². The normalized spacial score (nSPS) is 14.5. The third kappa shape index (κ3) is 3.97. The number of carbonyl (C=O) groups excluding carboxylic acids is 1. The zero-order chi connectivity index (χ0) is 13.5. The second-order valence-corrected chi connectivity index (χ2v) is 4.35. The van der Waals surface area contributed by atoms with Gasteiger partial charge in [-0.05, 0) is 37.3 Å². The van der Waals surface area contributed by atoms with Crippen molar-refractivity contribution in [3.8, 4) is 11.8 Å². The SMILES string of the molecule is O=C(Nc1cccc(C#CCO)n1)N1CCCCC1. The highest BCUT2D eigenvalue weighted by Crippen LogP contribution is 2.11. The van der Waals surface area contributed by atoms with E-state index < -0.39 is 0 Å². The maximum atomic E-state index is 12.0. The molecule has 0 aromatic carbocycles. The minimum atomic E-state index is -0.202. The molecule has 1 fully saturated rings. The lowest BCUT2D eigenvalue weighted by Gasteiger charge is -2.26. The summed E-state index contributed by atoms with van der Waals surface area (Å²) in [5, 5.41) is 11.4. The molecule has 2 rings (SSSR count). The number of nitrogens with zero attached hydrogens (tertiary/aromatic N) is 2. The monoisotopic (exact) mass is 259 g/mol. The molecule has 2 amide bonds. The lowest BCUT2D eigenvalue weighted by atomic mass is 10.1. The topological polar surface area (TPSA) is 65.5 Å². The number of anilines is 1. The molecule has 5 nitrogen and oxygen atoms in total. The van der Waals surface area contributed by atoms with E-state index in [0.29, 0.717) is 11.5 Å². The summed E-state index contributed by atoms with van der Waals surface area (Å²) in [6.45, 7) is 1.40. The van der Waals surface area contributed by atoms with Crippen molar-refractivity contribution in [2.24, 2.45) is 0 Å². The second kappa shape index (κ2) is 6.76. The number of hydrogen-bond donors (Lipinski definition) is 2. The van der Waals surface area contributed by atoms with Crippen molar-refractivity contribution in [2.75, 3.05) is 25.0 Å². The first-order valence-electron chi connectivity index (χ1n) is 6.42. The van der Waals surface area contributed by atoms with Gasteiger partial charge in [-0.3, -0.25) is 5.32 Å².